The molecule has 1 heterocycles. The van der Waals surface area contributed by atoms with Crippen LogP contribution in [0.1, 0.15) is 5.56 Å². The van der Waals surface area contributed by atoms with Crippen molar-refractivity contribution in [3.05, 3.63) is 60.3 Å². The number of hydrogen-bond acceptors (Lipinski definition) is 2. The highest BCUT2D eigenvalue weighted by Gasteiger charge is 2.04. The molecule has 0 saturated heterocycles. The fraction of sp³-hybridized carbons (Fsp3) is 0.125. The second kappa shape index (κ2) is 5.35. The highest BCUT2D eigenvalue weighted by molar-refractivity contribution is 7.88. The van der Waals surface area contributed by atoms with Gasteiger partial charge in [0.15, 0.2) is 0 Å². The predicted molar refractivity (Wildman–Crippen MR) is 85.4 cm³/mol. The molecule has 0 aliphatic carbocycles. The number of aromatic amines is 1. The number of H-pyrrole nitrogens is 1. The summed E-state index contributed by atoms with van der Waals surface area (Å²) in [6.07, 6.45) is 3.08. The van der Waals surface area contributed by atoms with Crippen LogP contribution in [0.25, 0.3) is 22.0 Å². The molecule has 1 aromatic heterocycles. The molecule has 108 valence electrons. The maximum atomic E-state index is 11.2. The quantitative estimate of drug-likeness (QED) is 0.778. The molecule has 0 aliphatic heterocycles. The summed E-state index contributed by atoms with van der Waals surface area (Å²) in [7, 11) is -3.18. The van der Waals surface area contributed by atoms with Crippen LogP contribution >= 0.6 is 0 Å². The summed E-state index contributed by atoms with van der Waals surface area (Å²) in [5, 5.41) is 1.16. The smallest absolute Gasteiger partial charge is 0.209 e. The van der Waals surface area contributed by atoms with Gasteiger partial charge in [0, 0.05) is 18.3 Å². The second-order valence-corrected chi connectivity index (χ2v) is 6.91. The largest absolute Gasteiger partial charge is 0.361 e. The zero-order valence-electron chi connectivity index (χ0n) is 11.6. The number of rotatable bonds is 4. The molecule has 0 amide bonds. The Kier molecular flexibility index (Phi) is 3.53. The van der Waals surface area contributed by atoms with E-state index in [0.29, 0.717) is 6.54 Å². The average Bonchev–Trinajstić information content (AvgIpc) is 2.92. The maximum Gasteiger partial charge on any atom is 0.209 e. The van der Waals surface area contributed by atoms with Crippen molar-refractivity contribution in [1.82, 2.24) is 9.71 Å². The lowest BCUT2D eigenvalue weighted by atomic mass is 10.0. The van der Waals surface area contributed by atoms with Gasteiger partial charge in [-0.3, -0.25) is 0 Å². The third kappa shape index (κ3) is 3.32. The summed E-state index contributed by atoms with van der Waals surface area (Å²) in [4.78, 5) is 3.17. The average molecular weight is 300 g/mol. The van der Waals surface area contributed by atoms with Gasteiger partial charge in [0.25, 0.3) is 0 Å². The molecule has 0 saturated carbocycles. The summed E-state index contributed by atoms with van der Waals surface area (Å²) in [5.41, 5.74) is 4.23. The summed E-state index contributed by atoms with van der Waals surface area (Å²) in [5.74, 6) is 0. The summed E-state index contributed by atoms with van der Waals surface area (Å²) in [6, 6.07) is 16.1. The molecule has 0 atom stereocenters. The van der Waals surface area contributed by atoms with Gasteiger partial charge < -0.3 is 4.98 Å². The van der Waals surface area contributed by atoms with Gasteiger partial charge >= 0.3 is 0 Å². The molecule has 0 fully saturated rings. The normalized spacial score (nSPS) is 11.9. The van der Waals surface area contributed by atoms with Crippen LogP contribution in [-0.2, 0) is 16.6 Å². The SMILES string of the molecule is CS(=O)(=O)NCc1cccc(-c2ccc3[nH]ccc3c2)c1. The minimum atomic E-state index is -3.18. The van der Waals surface area contributed by atoms with Crippen molar-refractivity contribution < 1.29 is 8.42 Å². The third-order valence-corrected chi connectivity index (χ3v) is 4.02. The van der Waals surface area contributed by atoms with Gasteiger partial charge in [0.05, 0.1) is 6.26 Å². The molecule has 0 spiro atoms. The van der Waals surface area contributed by atoms with E-state index in [9.17, 15) is 8.42 Å². The van der Waals surface area contributed by atoms with E-state index in [1.807, 2.05) is 42.6 Å². The highest BCUT2D eigenvalue weighted by atomic mass is 32.2. The van der Waals surface area contributed by atoms with E-state index in [1.165, 1.54) is 0 Å². The van der Waals surface area contributed by atoms with E-state index in [0.717, 1.165) is 33.8 Å². The monoisotopic (exact) mass is 300 g/mol. The van der Waals surface area contributed by atoms with Crippen LogP contribution in [-0.4, -0.2) is 19.7 Å². The Labute approximate surface area is 123 Å². The fourth-order valence-corrected chi connectivity index (χ4v) is 2.74. The van der Waals surface area contributed by atoms with Crippen molar-refractivity contribution in [2.75, 3.05) is 6.26 Å². The van der Waals surface area contributed by atoms with Crippen molar-refractivity contribution in [3.63, 3.8) is 0 Å². The minimum Gasteiger partial charge on any atom is -0.361 e. The van der Waals surface area contributed by atoms with Gasteiger partial charge in [-0.05, 0) is 46.3 Å². The Bertz CT molecular complexity index is 882. The molecule has 0 bridgehead atoms. The van der Waals surface area contributed by atoms with Crippen LogP contribution in [0.4, 0.5) is 0 Å². The van der Waals surface area contributed by atoms with Crippen molar-refractivity contribution in [2.45, 2.75) is 6.54 Å². The van der Waals surface area contributed by atoms with Crippen LogP contribution in [0.2, 0.25) is 0 Å². The first kappa shape index (κ1) is 13.9. The lowest BCUT2D eigenvalue weighted by Crippen LogP contribution is -2.21. The molecule has 2 N–H and O–H groups in total. The van der Waals surface area contributed by atoms with Gasteiger partial charge in [-0.2, -0.15) is 0 Å². The highest BCUT2D eigenvalue weighted by Crippen LogP contribution is 2.24. The van der Waals surface area contributed by atoms with Crippen LogP contribution in [0, 0.1) is 0 Å². The summed E-state index contributed by atoms with van der Waals surface area (Å²) < 4.78 is 24.8. The Hall–Kier alpha value is -2.11. The van der Waals surface area contributed by atoms with Crippen molar-refractivity contribution in [2.24, 2.45) is 0 Å². The maximum absolute atomic E-state index is 11.2. The van der Waals surface area contributed by atoms with Crippen LogP contribution in [0.5, 0.6) is 0 Å². The Morgan fingerprint density at radius 3 is 2.67 bits per heavy atom. The number of benzene rings is 2. The van der Waals surface area contributed by atoms with Crippen LogP contribution < -0.4 is 4.72 Å². The Balaban J connectivity index is 1.91. The Morgan fingerprint density at radius 2 is 1.86 bits per heavy atom. The van der Waals surface area contributed by atoms with Gasteiger partial charge in [-0.25, -0.2) is 13.1 Å². The number of aromatic nitrogens is 1. The molecule has 2 aromatic carbocycles. The number of nitrogens with one attached hydrogen (secondary N) is 2. The lowest BCUT2D eigenvalue weighted by molar-refractivity contribution is 0.587. The van der Waals surface area contributed by atoms with Crippen LogP contribution in [0.3, 0.4) is 0 Å². The van der Waals surface area contributed by atoms with Crippen molar-refractivity contribution >= 4 is 20.9 Å². The van der Waals surface area contributed by atoms with E-state index in [2.05, 4.69) is 21.8 Å². The molecule has 21 heavy (non-hydrogen) atoms. The van der Waals surface area contributed by atoms with E-state index in [-0.39, 0.29) is 0 Å². The standard InChI is InChI=1S/C16H16N2O2S/c1-21(19,20)18-11-12-3-2-4-13(9-12)14-5-6-16-15(10-14)7-8-17-16/h2-10,17-18H,11H2,1H3. The molecule has 5 heteroatoms. The van der Waals surface area contributed by atoms with Crippen LogP contribution in [0.15, 0.2) is 54.7 Å². The van der Waals surface area contributed by atoms with E-state index in [4.69, 9.17) is 0 Å². The van der Waals surface area contributed by atoms with Gasteiger partial charge in [-0.15, -0.1) is 0 Å². The van der Waals surface area contributed by atoms with E-state index >= 15 is 0 Å². The molecule has 0 aliphatic rings. The molecule has 3 rings (SSSR count). The third-order valence-electron chi connectivity index (χ3n) is 3.35. The first-order valence-electron chi connectivity index (χ1n) is 6.62. The lowest BCUT2D eigenvalue weighted by Gasteiger charge is -2.06. The number of hydrogen-bond donors (Lipinski definition) is 2. The topological polar surface area (TPSA) is 62.0 Å². The minimum absolute atomic E-state index is 0.305. The summed E-state index contributed by atoms with van der Waals surface area (Å²) >= 11 is 0. The molecular formula is C16H16N2O2S. The zero-order valence-corrected chi connectivity index (χ0v) is 12.4. The fourth-order valence-electron chi connectivity index (χ4n) is 2.31. The first-order valence-corrected chi connectivity index (χ1v) is 8.51. The predicted octanol–water partition coefficient (Wildman–Crippen LogP) is 2.88. The Morgan fingerprint density at radius 1 is 1.05 bits per heavy atom. The zero-order chi connectivity index (χ0) is 14.9. The van der Waals surface area contributed by atoms with Gasteiger partial charge in [0.2, 0.25) is 10.0 Å². The number of fused-ring (bicyclic) bond motifs is 1. The first-order chi connectivity index (χ1) is 10.0. The summed E-state index contributed by atoms with van der Waals surface area (Å²) in [6.45, 7) is 0.305. The van der Waals surface area contributed by atoms with Crippen molar-refractivity contribution in [1.29, 1.82) is 0 Å². The molecule has 0 unspecified atom stereocenters. The van der Waals surface area contributed by atoms with Gasteiger partial charge in [0.1, 0.15) is 0 Å². The molecular weight excluding hydrogens is 284 g/mol. The molecule has 0 radical (unpaired) electrons. The molecule has 4 nitrogen and oxygen atoms in total. The number of sulfonamides is 1. The van der Waals surface area contributed by atoms with Gasteiger partial charge in [-0.1, -0.05) is 24.3 Å². The van der Waals surface area contributed by atoms with Crippen molar-refractivity contribution in [3.8, 4) is 11.1 Å². The van der Waals surface area contributed by atoms with E-state index < -0.39 is 10.0 Å². The second-order valence-electron chi connectivity index (χ2n) is 5.07. The van der Waals surface area contributed by atoms with E-state index in [1.54, 1.807) is 0 Å². The molecule has 3 aromatic rings.